The maximum atomic E-state index is 8.90. The van der Waals surface area contributed by atoms with Gasteiger partial charge < -0.3 is 10.1 Å². The van der Waals surface area contributed by atoms with Crippen LogP contribution in [0.5, 0.6) is 11.6 Å². The number of nitrogens with one attached hydrogen (secondary N) is 1. The minimum absolute atomic E-state index is 0.211. The average Bonchev–Trinajstić information content (AvgIpc) is 2.68. The molecule has 0 fully saturated rings. The van der Waals surface area contributed by atoms with Gasteiger partial charge in [0, 0.05) is 5.69 Å². The third-order valence-electron chi connectivity index (χ3n) is 3.82. The summed E-state index contributed by atoms with van der Waals surface area (Å²) < 4.78 is 10.5. The molecule has 0 saturated carbocycles. The molecule has 0 unspecified atom stereocenters. The van der Waals surface area contributed by atoms with Crippen LogP contribution in [-0.4, -0.2) is 9.97 Å². The van der Waals surface area contributed by atoms with Crippen molar-refractivity contribution in [3.63, 3.8) is 0 Å². The molecule has 0 bridgehead atoms. The van der Waals surface area contributed by atoms with E-state index in [4.69, 9.17) is 21.6 Å². The van der Waals surface area contributed by atoms with Gasteiger partial charge in [0.05, 0.1) is 17.3 Å². The maximum Gasteiger partial charge on any atom is 0.240 e. The average molecular weight is 475 g/mol. The molecule has 1 aromatic heterocycles. The van der Waals surface area contributed by atoms with E-state index in [1.54, 1.807) is 24.3 Å². The summed E-state index contributed by atoms with van der Waals surface area (Å²) in [6, 6.07) is 12.8. The second-order valence-electron chi connectivity index (χ2n) is 5.89. The second kappa shape index (κ2) is 8.66. The largest absolute Gasteiger partial charge is 0.437 e. The molecule has 0 aliphatic carbocycles. The molecule has 0 aliphatic rings. The molecule has 0 radical (unpaired) electrons. The molecular weight excluding hydrogens is 461 g/mol. The number of rotatable bonds is 5. The van der Waals surface area contributed by atoms with Gasteiger partial charge >= 0.3 is 0 Å². The highest BCUT2D eigenvalue weighted by atomic mass is 79.9. The van der Waals surface area contributed by atoms with Crippen molar-refractivity contribution < 1.29 is 4.74 Å². The van der Waals surface area contributed by atoms with Crippen LogP contribution < -0.4 is 10.1 Å². The molecule has 3 aromatic rings. The zero-order chi connectivity index (χ0) is 20.3. The third-order valence-corrected chi connectivity index (χ3v) is 5.30. The topological polar surface area (TPSA) is 83.2 Å². The molecule has 0 aliphatic heterocycles. The van der Waals surface area contributed by atoms with Gasteiger partial charge in [0.1, 0.15) is 10.2 Å². The van der Waals surface area contributed by atoms with Gasteiger partial charge in [-0.25, -0.2) is 4.74 Å². The Kier molecular flexibility index (Phi) is 6.25. The lowest BCUT2D eigenvalue weighted by Crippen LogP contribution is -2.01. The Hall–Kier alpha value is -2.52. The van der Waals surface area contributed by atoms with E-state index in [9.17, 15) is 0 Å². The van der Waals surface area contributed by atoms with E-state index < -0.39 is 0 Å². The number of ether oxygens (including phenoxy) is 1. The van der Waals surface area contributed by atoms with Gasteiger partial charge in [-0.05, 0) is 86.3 Å². The maximum absolute atomic E-state index is 8.90. The van der Waals surface area contributed by atoms with Crippen LogP contribution in [0.3, 0.4) is 0 Å². The van der Waals surface area contributed by atoms with E-state index in [2.05, 4.69) is 51.1 Å². The molecule has 0 atom stereocenters. The monoisotopic (exact) mass is 473 g/mol. The van der Waals surface area contributed by atoms with E-state index in [1.165, 1.54) is 0 Å². The van der Waals surface area contributed by atoms with E-state index in [1.807, 2.05) is 26.0 Å². The number of nitrogens with zero attached hydrogens (tertiary/aromatic N) is 4. The van der Waals surface area contributed by atoms with E-state index >= 15 is 0 Å². The van der Waals surface area contributed by atoms with Gasteiger partial charge in [0.25, 0.3) is 0 Å². The summed E-state index contributed by atoms with van der Waals surface area (Å²) in [6.45, 7) is 3.85. The van der Waals surface area contributed by atoms with Gasteiger partial charge in [0.15, 0.2) is 5.15 Å². The minimum Gasteiger partial charge on any atom is -0.437 e. The van der Waals surface area contributed by atoms with Crippen molar-refractivity contribution in [2.45, 2.75) is 13.8 Å². The first-order valence-electron chi connectivity index (χ1n) is 8.08. The number of nitriles is 1. The fourth-order valence-corrected chi connectivity index (χ4v) is 3.08. The first-order chi connectivity index (χ1) is 13.4. The van der Waals surface area contributed by atoms with Gasteiger partial charge in [-0.15, -0.1) is 0 Å². The highest BCUT2D eigenvalue weighted by Gasteiger charge is 2.16. The number of hydrogen-bond donors (Lipinski definition) is 1. The number of aryl methyl sites for hydroxylation is 2. The summed E-state index contributed by atoms with van der Waals surface area (Å²) in [5.41, 5.74) is 3.88. The fraction of sp³-hybridized carbons (Fsp3) is 0.105. The summed E-state index contributed by atoms with van der Waals surface area (Å²) in [5.74, 6) is 1.22. The summed E-state index contributed by atoms with van der Waals surface area (Å²) in [4.78, 5) is 8.63. The summed E-state index contributed by atoms with van der Waals surface area (Å²) in [6.07, 6.45) is 0. The highest BCUT2D eigenvalue weighted by Crippen LogP contribution is 2.37. The second-order valence-corrected chi connectivity index (χ2v) is 7.27. The van der Waals surface area contributed by atoms with Crippen LogP contribution in [-0.2, 0) is 0 Å². The first kappa shape index (κ1) is 20.2. The van der Waals surface area contributed by atoms with Crippen LogP contribution in [0.2, 0.25) is 5.15 Å². The lowest BCUT2D eigenvalue weighted by Gasteiger charge is -2.14. The van der Waals surface area contributed by atoms with E-state index in [0.717, 1.165) is 22.5 Å². The van der Waals surface area contributed by atoms with Crippen molar-refractivity contribution in [1.82, 2.24) is 9.97 Å². The molecule has 28 heavy (non-hydrogen) atoms. The Morgan fingerprint density at radius 2 is 1.82 bits per heavy atom. The van der Waals surface area contributed by atoms with Crippen LogP contribution in [0.25, 0.3) is 0 Å². The third kappa shape index (κ3) is 4.48. The van der Waals surface area contributed by atoms with E-state index in [-0.39, 0.29) is 17.0 Å². The van der Waals surface area contributed by atoms with Crippen molar-refractivity contribution in [2.24, 2.45) is 4.74 Å². The number of benzene rings is 2. The van der Waals surface area contributed by atoms with Crippen molar-refractivity contribution in [3.05, 3.63) is 62.7 Å². The Labute approximate surface area is 178 Å². The number of hydrogen-bond acceptors (Lipinski definition) is 6. The van der Waals surface area contributed by atoms with Gasteiger partial charge in [0.2, 0.25) is 11.8 Å². The van der Waals surface area contributed by atoms with Gasteiger partial charge in [-0.1, -0.05) is 11.6 Å². The highest BCUT2D eigenvalue weighted by molar-refractivity contribution is 9.10. The summed E-state index contributed by atoms with van der Waals surface area (Å²) in [7, 11) is 3.15. The Balaban J connectivity index is 1.94. The predicted octanol–water partition coefficient (Wildman–Crippen LogP) is 6.87. The van der Waals surface area contributed by atoms with Crippen LogP contribution in [0, 0.1) is 25.2 Å². The molecule has 6 nitrogen and oxygen atoms in total. The zero-order valence-electron chi connectivity index (χ0n) is 14.9. The minimum atomic E-state index is 0.211. The van der Waals surface area contributed by atoms with Crippen LogP contribution in [0.15, 0.2) is 45.6 Å². The lowest BCUT2D eigenvalue weighted by molar-refractivity contribution is 0.452. The van der Waals surface area contributed by atoms with Crippen LogP contribution >= 0.6 is 36.6 Å². The lowest BCUT2D eigenvalue weighted by atomic mass is 10.1. The molecule has 1 N–H and O–H groups in total. The van der Waals surface area contributed by atoms with Gasteiger partial charge in [-0.2, -0.15) is 15.2 Å². The molecule has 0 amide bonds. The molecule has 1 heterocycles. The molecule has 2 aromatic carbocycles. The Bertz CT molecular complexity index is 1080. The summed E-state index contributed by atoms with van der Waals surface area (Å²) in [5, 5.41) is 12.2. The smallest absolute Gasteiger partial charge is 0.240 e. The van der Waals surface area contributed by atoms with Gasteiger partial charge in [-0.3, -0.25) is 0 Å². The van der Waals surface area contributed by atoms with Crippen LogP contribution in [0.1, 0.15) is 16.7 Å². The molecule has 0 spiro atoms. The zero-order valence-corrected chi connectivity index (χ0v) is 18.3. The SMILES string of the molecule is Cc1cc(N=P)cc(C)c1Oc1nc(Nc2ccc(C#N)cc2)nc(Cl)c1Br. The standard InChI is InChI=1S/C19H14BrClN5OP/c1-10-7-14(26-28)8-11(2)16(10)27-18-15(20)17(21)24-19(25-18)23-13-5-3-12(9-22)4-6-13/h3-8,28H,1-2H3,(H,23,24,25). The number of halogens is 2. The van der Waals surface area contributed by atoms with Crippen molar-refractivity contribution in [1.29, 1.82) is 5.26 Å². The molecule has 0 saturated heterocycles. The molecule has 140 valence electrons. The fourth-order valence-electron chi connectivity index (χ4n) is 2.53. The molecular formula is C19H14BrClN5OP. The molecule has 3 rings (SSSR count). The molecule has 9 heteroatoms. The number of aromatic nitrogens is 2. The van der Waals surface area contributed by atoms with Crippen molar-refractivity contribution >= 4 is 53.9 Å². The number of anilines is 2. The summed E-state index contributed by atoms with van der Waals surface area (Å²) >= 11 is 9.63. The van der Waals surface area contributed by atoms with E-state index in [0.29, 0.717) is 15.8 Å². The quantitative estimate of drug-likeness (QED) is 0.322. The van der Waals surface area contributed by atoms with Crippen LogP contribution in [0.4, 0.5) is 17.3 Å². The van der Waals surface area contributed by atoms with Crippen molar-refractivity contribution in [3.8, 4) is 17.7 Å². The Morgan fingerprint density at radius 3 is 2.39 bits per heavy atom. The predicted molar refractivity (Wildman–Crippen MR) is 116 cm³/mol. The van der Waals surface area contributed by atoms with Crippen molar-refractivity contribution in [2.75, 3.05) is 5.32 Å². The Morgan fingerprint density at radius 1 is 1.18 bits per heavy atom. The first-order valence-corrected chi connectivity index (χ1v) is 9.70. The normalized spacial score (nSPS) is 10.2.